The third-order valence-corrected chi connectivity index (χ3v) is 1.57. The van der Waals surface area contributed by atoms with Crippen LogP contribution in [0, 0.1) is 0 Å². The van der Waals surface area contributed by atoms with Crippen molar-refractivity contribution in [2.75, 3.05) is 6.54 Å². The van der Waals surface area contributed by atoms with Gasteiger partial charge in [-0.1, -0.05) is 0 Å². The highest BCUT2D eigenvalue weighted by Gasteiger charge is 2.15. The number of hydrogen-bond acceptors (Lipinski definition) is 4. The van der Waals surface area contributed by atoms with Crippen molar-refractivity contribution >= 4 is 21.8 Å². The van der Waals surface area contributed by atoms with E-state index in [-0.39, 0.29) is 13.0 Å². The van der Waals surface area contributed by atoms with E-state index in [1.165, 1.54) is 0 Å². The minimum absolute atomic E-state index is 0.253. The highest BCUT2D eigenvalue weighted by molar-refractivity contribution is 7.71. The lowest BCUT2D eigenvalue weighted by Crippen LogP contribution is -2.33. The van der Waals surface area contributed by atoms with Crippen LogP contribution >= 0.6 is 0 Å². The van der Waals surface area contributed by atoms with Gasteiger partial charge in [-0.15, -0.1) is 0 Å². The van der Waals surface area contributed by atoms with Gasteiger partial charge in [0.25, 0.3) is 0 Å². The first-order chi connectivity index (χ1) is 6.31. The summed E-state index contributed by atoms with van der Waals surface area (Å²) >= 11 is 0. The Bertz CT molecular complexity index is 305. The molecule has 0 aromatic carbocycles. The zero-order valence-corrected chi connectivity index (χ0v) is 9.35. The average molecular weight is 221 g/mol. The highest BCUT2D eigenvalue weighted by atomic mass is 32.2. The fourth-order valence-corrected chi connectivity index (χ4v) is 0.954. The van der Waals surface area contributed by atoms with Crippen molar-refractivity contribution < 1.29 is 17.9 Å². The van der Waals surface area contributed by atoms with E-state index >= 15 is 0 Å². The quantitative estimate of drug-likeness (QED) is 0.559. The van der Waals surface area contributed by atoms with E-state index in [0.717, 1.165) is 5.37 Å². The lowest BCUT2D eigenvalue weighted by atomic mass is 10.2. The maximum absolute atomic E-state index is 11.0. The summed E-state index contributed by atoms with van der Waals surface area (Å²) in [4.78, 5) is 11.0. The average Bonchev–Trinajstić information content (AvgIpc) is 1.94. The Morgan fingerprint density at radius 1 is 1.43 bits per heavy atom. The SMILES string of the molecule is CC(C)(C)OC(=O)NCCC=S(=O)=O. The second-order valence-corrected chi connectivity index (χ2v) is 4.50. The second-order valence-electron chi connectivity index (χ2n) is 3.64. The van der Waals surface area contributed by atoms with Crippen LogP contribution in [0.5, 0.6) is 0 Å². The number of nitrogens with one attached hydrogen (secondary N) is 1. The van der Waals surface area contributed by atoms with E-state index in [1.54, 1.807) is 20.8 Å². The molecule has 0 radical (unpaired) electrons. The van der Waals surface area contributed by atoms with Crippen molar-refractivity contribution in [1.29, 1.82) is 0 Å². The number of amides is 1. The van der Waals surface area contributed by atoms with Gasteiger partial charge in [-0.3, -0.25) is 0 Å². The third kappa shape index (κ3) is 9.05. The van der Waals surface area contributed by atoms with Gasteiger partial charge in [-0.05, 0) is 27.2 Å². The number of carbonyl (C=O) groups excluding carboxylic acids is 1. The summed E-state index contributed by atoms with van der Waals surface area (Å²) in [6.45, 7) is 5.52. The molecule has 0 aromatic heterocycles. The molecule has 0 rings (SSSR count). The molecule has 0 saturated carbocycles. The number of carbonyl (C=O) groups is 1. The van der Waals surface area contributed by atoms with Crippen molar-refractivity contribution in [2.24, 2.45) is 0 Å². The van der Waals surface area contributed by atoms with Gasteiger partial charge >= 0.3 is 6.09 Å². The first-order valence-corrected chi connectivity index (χ1v) is 5.33. The van der Waals surface area contributed by atoms with Crippen LogP contribution in [0.4, 0.5) is 4.79 Å². The summed E-state index contributed by atoms with van der Waals surface area (Å²) in [5, 5.41) is 3.51. The molecule has 0 bridgehead atoms. The van der Waals surface area contributed by atoms with Gasteiger partial charge in [0.1, 0.15) is 5.60 Å². The molecule has 0 spiro atoms. The van der Waals surface area contributed by atoms with Crippen LogP contribution in [0.3, 0.4) is 0 Å². The molecule has 1 N–H and O–H groups in total. The Hall–Kier alpha value is -1.04. The summed E-state index contributed by atoms with van der Waals surface area (Å²) in [6.07, 6.45) is -0.266. The van der Waals surface area contributed by atoms with Crippen LogP contribution in [-0.2, 0) is 15.0 Å². The summed E-state index contributed by atoms with van der Waals surface area (Å²) in [5.41, 5.74) is -0.533. The van der Waals surface area contributed by atoms with Gasteiger partial charge in [0.05, 0.1) is 0 Å². The van der Waals surface area contributed by atoms with E-state index in [2.05, 4.69) is 5.32 Å². The molecule has 82 valence electrons. The summed E-state index contributed by atoms with van der Waals surface area (Å²) in [7, 11) is -2.17. The standard InChI is InChI=1S/C8H15NO4S/c1-8(2,3)13-7(10)9-5-4-6-14(11)12/h6H,4-5H2,1-3H3,(H,9,10). The maximum atomic E-state index is 11.0. The van der Waals surface area contributed by atoms with Crippen LogP contribution in [0.25, 0.3) is 0 Å². The van der Waals surface area contributed by atoms with Crippen molar-refractivity contribution in [3.8, 4) is 0 Å². The maximum Gasteiger partial charge on any atom is 0.407 e. The first kappa shape index (κ1) is 13.0. The van der Waals surface area contributed by atoms with E-state index < -0.39 is 22.0 Å². The van der Waals surface area contributed by atoms with Gasteiger partial charge in [0, 0.05) is 11.9 Å². The molecule has 0 unspecified atom stereocenters. The molecule has 0 saturated heterocycles. The summed E-state index contributed by atoms with van der Waals surface area (Å²) in [5.74, 6) is 0. The predicted octanol–water partition coefficient (Wildman–Crippen LogP) is 0.583. The lowest BCUT2D eigenvalue weighted by Gasteiger charge is -2.19. The molecule has 0 aliphatic carbocycles. The van der Waals surface area contributed by atoms with Crippen LogP contribution in [0.1, 0.15) is 27.2 Å². The predicted molar refractivity (Wildman–Crippen MR) is 53.8 cm³/mol. The number of alkyl carbamates (subject to hydrolysis) is 1. The molecule has 0 atom stereocenters. The monoisotopic (exact) mass is 221 g/mol. The molecular weight excluding hydrogens is 206 g/mol. The first-order valence-electron chi connectivity index (χ1n) is 4.19. The van der Waals surface area contributed by atoms with Gasteiger partial charge in [-0.25, -0.2) is 4.79 Å². The fourth-order valence-electron chi connectivity index (χ4n) is 0.644. The highest BCUT2D eigenvalue weighted by Crippen LogP contribution is 2.05. The molecule has 0 heterocycles. The number of ether oxygens (including phenoxy) is 1. The fraction of sp³-hybridized carbons (Fsp3) is 0.750. The van der Waals surface area contributed by atoms with E-state index in [0.29, 0.717) is 0 Å². The number of rotatable bonds is 3. The Morgan fingerprint density at radius 3 is 2.43 bits per heavy atom. The Morgan fingerprint density at radius 2 is 2.00 bits per heavy atom. The van der Waals surface area contributed by atoms with E-state index in [1.807, 2.05) is 0 Å². The Kier molecular flexibility index (Phi) is 5.22. The number of hydrogen-bond donors (Lipinski definition) is 1. The van der Waals surface area contributed by atoms with Crippen LogP contribution in [0.2, 0.25) is 0 Å². The molecule has 0 aliphatic heterocycles. The zero-order chi connectivity index (χ0) is 11.2. The topological polar surface area (TPSA) is 72.5 Å². The molecule has 0 aromatic rings. The minimum atomic E-state index is -2.17. The van der Waals surface area contributed by atoms with Crippen molar-refractivity contribution in [2.45, 2.75) is 32.8 Å². The van der Waals surface area contributed by atoms with Crippen molar-refractivity contribution in [3.05, 3.63) is 0 Å². The molecule has 0 fully saturated rings. The smallest absolute Gasteiger partial charge is 0.407 e. The zero-order valence-electron chi connectivity index (χ0n) is 8.53. The van der Waals surface area contributed by atoms with E-state index in [9.17, 15) is 13.2 Å². The van der Waals surface area contributed by atoms with Crippen LogP contribution in [-0.4, -0.2) is 32.0 Å². The van der Waals surface area contributed by atoms with Crippen molar-refractivity contribution in [3.63, 3.8) is 0 Å². The molecule has 1 amide bonds. The van der Waals surface area contributed by atoms with Gasteiger partial charge in [-0.2, -0.15) is 8.42 Å². The third-order valence-electron chi connectivity index (χ3n) is 1.07. The van der Waals surface area contributed by atoms with Crippen molar-refractivity contribution in [1.82, 2.24) is 5.32 Å². The summed E-state index contributed by atoms with van der Waals surface area (Å²) in [6, 6.07) is 0. The Balaban J connectivity index is 3.71. The lowest BCUT2D eigenvalue weighted by molar-refractivity contribution is 0.0529. The summed E-state index contributed by atoms with van der Waals surface area (Å²) < 4.78 is 25.1. The van der Waals surface area contributed by atoms with Gasteiger partial charge in [0.15, 0.2) is 0 Å². The molecule has 5 nitrogen and oxygen atoms in total. The normalized spacial score (nSPS) is 10.5. The Labute approximate surface area is 85.0 Å². The molecule has 6 heteroatoms. The van der Waals surface area contributed by atoms with Crippen LogP contribution in [0.15, 0.2) is 0 Å². The van der Waals surface area contributed by atoms with Gasteiger partial charge < -0.3 is 10.1 Å². The molecular formula is C8H15NO4S. The van der Waals surface area contributed by atoms with Crippen LogP contribution < -0.4 is 5.32 Å². The van der Waals surface area contributed by atoms with Gasteiger partial charge in [0.2, 0.25) is 10.3 Å². The second kappa shape index (κ2) is 5.64. The largest absolute Gasteiger partial charge is 0.444 e. The molecule has 0 aliphatic rings. The minimum Gasteiger partial charge on any atom is -0.444 e. The molecule has 14 heavy (non-hydrogen) atoms. The van der Waals surface area contributed by atoms with E-state index in [4.69, 9.17) is 4.74 Å².